The number of rotatable bonds is 5. The monoisotopic (exact) mass is 287 g/mol. The van der Waals surface area contributed by atoms with Crippen LogP contribution in [0, 0.1) is 0 Å². The lowest BCUT2D eigenvalue weighted by atomic mass is 10.1. The molecule has 2 aromatic carbocycles. The zero-order valence-electron chi connectivity index (χ0n) is 11.5. The van der Waals surface area contributed by atoms with Crippen LogP contribution in [0.25, 0.3) is 0 Å². The first-order valence-electron chi connectivity index (χ1n) is 6.77. The molecule has 0 aliphatic carbocycles. The predicted octanol–water partition coefficient (Wildman–Crippen LogP) is 3.76. The molecule has 20 heavy (non-hydrogen) atoms. The van der Waals surface area contributed by atoms with Gasteiger partial charge >= 0.3 is 0 Å². The number of halogens is 1. The van der Waals surface area contributed by atoms with E-state index in [4.69, 9.17) is 11.6 Å². The number of carbonyl (C=O) groups is 1. The maximum Gasteiger partial charge on any atom is 0.224 e. The summed E-state index contributed by atoms with van der Waals surface area (Å²) < 4.78 is 0. The van der Waals surface area contributed by atoms with Gasteiger partial charge in [0, 0.05) is 11.6 Å². The fraction of sp³-hybridized carbons (Fsp3) is 0.235. The molecule has 2 nitrogen and oxygen atoms in total. The fourth-order valence-electron chi connectivity index (χ4n) is 1.98. The van der Waals surface area contributed by atoms with Crippen molar-refractivity contribution in [2.75, 3.05) is 0 Å². The summed E-state index contributed by atoms with van der Waals surface area (Å²) >= 11 is 6.05. The molecule has 0 bridgehead atoms. The van der Waals surface area contributed by atoms with Crippen molar-refractivity contribution in [1.82, 2.24) is 5.32 Å². The van der Waals surface area contributed by atoms with Gasteiger partial charge in [-0.15, -0.1) is 0 Å². The van der Waals surface area contributed by atoms with Crippen LogP contribution < -0.4 is 5.32 Å². The molecule has 0 aliphatic rings. The molecule has 0 saturated heterocycles. The molecule has 0 heterocycles. The zero-order chi connectivity index (χ0) is 14.4. The number of hydrogen-bond acceptors (Lipinski definition) is 1. The van der Waals surface area contributed by atoms with Crippen molar-refractivity contribution < 1.29 is 4.79 Å². The van der Waals surface area contributed by atoms with Crippen molar-refractivity contribution in [3.05, 3.63) is 70.2 Å². The highest BCUT2D eigenvalue weighted by Gasteiger charge is 2.05. The molecule has 3 heteroatoms. The fourth-order valence-corrected chi connectivity index (χ4v) is 2.18. The van der Waals surface area contributed by atoms with E-state index >= 15 is 0 Å². The lowest BCUT2D eigenvalue weighted by Crippen LogP contribution is -2.24. The van der Waals surface area contributed by atoms with Gasteiger partial charge in [0.15, 0.2) is 0 Å². The summed E-state index contributed by atoms with van der Waals surface area (Å²) in [6.45, 7) is 2.58. The van der Waals surface area contributed by atoms with Crippen LogP contribution in [0.5, 0.6) is 0 Å². The molecule has 2 aromatic rings. The van der Waals surface area contributed by atoms with Gasteiger partial charge < -0.3 is 5.32 Å². The van der Waals surface area contributed by atoms with E-state index < -0.39 is 0 Å². The Bertz CT molecular complexity index is 578. The molecule has 0 radical (unpaired) electrons. The SMILES string of the molecule is CCc1ccc(CC(=O)NCc2ccccc2Cl)cc1. The Morgan fingerprint density at radius 3 is 2.35 bits per heavy atom. The first-order valence-corrected chi connectivity index (χ1v) is 7.14. The van der Waals surface area contributed by atoms with Crippen LogP contribution >= 0.6 is 11.6 Å². The molecule has 0 unspecified atom stereocenters. The van der Waals surface area contributed by atoms with Crippen LogP contribution in [0.15, 0.2) is 48.5 Å². The van der Waals surface area contributed by atoms with Crippen molar-refractivity contribution in [3.8, 4) is 0 Å². The smallest absolute Gasteiger partial charge is 0.224 e. The van der Waals surface area contributed by atoms with E-state index in [9.17, 15) is 4.79 Å². The zero-order valence-corrected chi connectivity index (χ0v) is 12.3. The predicted molar refractivity (Wildman–Crippen MR) is 82.8 cm³/mol. The third-order valence-corrected chi connectivity index (χ3v) is 3.60. The van der Waals surface area contributed by atoms with E-state index in [0.29, 0.717) is 18.0 Å². The minimum absolute atomic E-state index is 0.00849. The van der Waals surface area contributed by atoms with Gasteiger partial charge in [0.25, 0.3) is 0 Å². The van der Waals surface area contributed by atoms with Crippen LogP contribution in [-0.4, -0.2) is 5.91 Å². The lowest BCUT2D eigenvalue weighted by molar-refractivity contribution is -0.120. The second kappa shape index (κ2) is 7.11. The Morgan fingerprint density at radius 1 is 1.05 bits per heavy atom. The number of hydrogen-bond donors (Lipinski definition) is 1. The number of aryl methyl sites for hydroxylation is 1. The summed E-state index contributed by atoms with van der Waals surface area (Å²) in [5.41, 5.74) is 3.24. The maximum absolute atomic E-state index is 11.9. The van der Waals surface area contributed by atoms with Crippen molar-refractivity contribution in [3.63, 3.8) is 0 Å². The van der Waals surface area contributed by atoms with Crippen LogP contribution in [0.2, 0.25) is 5.02 Å². The molecule has 0 spiro atoms. The lowest BCUT2D eigenvalue weighted by Gasteiger charge is -2.07. The standard InChI is InChI=1S/C17H18ClNO/c1-2-13-7-9-14(10-8-13)11-17(20)19-12-15-5-3-4-6-16(15)18/h3-10H,2,11-12H2,1H3,(H,19,20). The molecular formula is C17H18ClNO. The van der Waals surface area contributed by atoms with Crippen molar-refractivity contribution in [1.29, 1.82) is 0 Å². The Hall–Kier alpha value is -1.80. The number of benzene rings is 2. The second-order valence-electron chi connectivity index (χ2n) is 4.71. The Kier molecular flexibility index (Phi) is 5.19. The van der Waals surface area contributed by atoms with Crippen LogP contribution in [0.4, 0.5) is 0 Å². The van der Waals surface area contributed by atoms with E-state index in [1.165, 1.54) is 5.56 Å². The summed E-state index contributed by atoms with van der Waals surface area (Å²) in [5, 5.41) is 3.57. The van der Waals surface area contributed by atoms with E-state index in [0.717, 1.165) is 17.5 Å². The minimum Gasteiger partial charge on any atom is -0.352 e. The quantitative estimate of drug-likeness (QED) is 0.891. The summed E-state index contributed by atoms with van der Waals surface area (Å²) in [4.78, 5) is 11.9. The first kappa shape index (κ1) is 14.6. The van der Waals surface area contributed by atoms with Crippen LogP contribution in [0.1, 0.15) is 23.6 Å². The van der Waals surface area contributed by atoms with Gasteiger partial charge in [-0.3, -0.25) is 4.79 Å². The maximum atomic E-state index is 11.9. The Morgan fingerprint density at radius 2 is 1.70 bits per heavy atom. The third kappa shape index (κ3) is 4.10. The van der Waals surface area contributed by atoms with Gasteiger partial charge in [0.1, 0.15) is 0 Å². The van der Waals surface area contributed by atoms with Gasteiger partial charge in [0.05, 0.1) is 6.42 Å². The molecule has 1 N–H and O–H groups in total. The van der Waals surface area contributed by atoms with E-state index in [2.05, 4.69) is 24.4 Å². The van der Waals surface area contributed by atoms with Crippen LogP contribution in [0.3, 0.4) is 0 Å². The number of amides is 1. The second-order valence-corrected chi connectivity index (χ2v) is 5.12. The molecule has 0 saturated carbocycles. The topological polar surface area (TPSA) is 29.1 Å². The molecule has 0 aromatic heterocycles. The van der Waals surface area contributed by atoms with Gasteiger partial charge in [0.2, 0.25) is 5.91 Å². The summed E-state index contributed by atoms with van der Waals surface area (Å²) in [6.07, 6.45) is 1.41. The van der Waals surface area contributed by atoms with Gasteiger partial charge in [-0.05, 0) is 29.2 Å². The number of nitrogens with one attached hydrogen (secondary N) is 1. The third-order valence-electron chi connectivity index (χ3n) is 3.23. The molecule has 104 valence electrons. The minimum atomic E-state index is 0.00849. The average molecular weight is 288 g/mol. The van der Waals surface area contributed by atoms with Gasteiger partial charge in [-0.25, -0.2) is 0 Å². The van der Waals surface area contributed by atoms with Crippen molar-refractivity contribution >= 4 is 17.5 Å². The van der Waals surface area contributed by atoms with E-state index in [1.807, 2.05) is 36.4 Å². The molecule has 0 atom stereocenters. The highest BCUT2D eigenvalue weighted by molar-refractivity contribution is 6.31. The molecule has 2 rings (SSSR count). The largest absolute Gasteiger partial charge is 0.352 e. The highest BCUT2D eigenvalue weighted by Crippen LogP contribution is 2.14. The van der Waals surface area contributed by atoms with E-state index in [-0.39, 0.29) is 5.91 Å². The van der Waals surface area contributed by atoms with Crippen LogP contribution in [-0.2, 0) is 24.2 Å². The summed E-state index contributed by atoms with van der Waals surface area (Å²) in [5.74, 6) is 0.00849. The summed E-state index contributed by atoms with van der Waals surface area (Å²) in [6, 6.07) is 15.7. The molecule has 0 aliphatic heterocycles. The highest BCUT2D eigenvalue weighted by atomic mass is 35.5. The Balaban J connectivity index is 1.87. The number of carbonyl (C=O) groups excluding carboxylic acids is 1. The van der Waals surface area contributed by atoms with E-state index in [1.54, 1.807) is 0 Å². The molecule has 1 amide bonds. The first-order chi connectivity index (χ1) is 9.69. The average Bonchev–Trinajstić information content (AvgIpc) is 2.47. The Labute approximate surface area is 124 Å². The van der Waals surface area contributed by atoms with Crippen molar-refractivity contribution in [2.45, 2.75) is 26.3 Å². The van der Waals surface area contributed by atoms with Crippen molar-refractivity contribution in [2.24, 2.45) is 0 Å². The molecular weight excluding hydrogens is 270 g/mol. The summed E-state index contributed by atoms with van der Waals surface area (Å²) in [7, 11) is 0. The normalized spacial score (nSPS) is 10.3. The van der Waals surface area contributed by atoms with Gasteiger partial charge in [-0.1, -0.05) is 61.0 Å². The molecule has 0 fully saturated rings. The van der Waals surface area contributed by atoms with Gasteiger partial charge in [-0.2, -0.15) is 0 Å².